The third kappa shape index (κ3) is 8.10. The van der Waals surface area contributed by atoms with Crippen LogP contribution in [-0.2, 0) is 26.5 Å². The molecule has 0 N–H and O–H groups in total. The molecule has 51 heavy (non-hydrogen) atoms. The molecule has 0 fully saturated rings. The zero-order chi connectivity index (χ0) is 43.2. The van der Waals surface area contributed by atoms with Crippen LogP contribution in [0.2, 0.25) is 0 Å². The molecular weight excluding hydrogens is 823 g/mol. The number of pyridine rings is 2. The Balaban J connectivity index is 0.000000307. The van der Waals surface area contributed by atoms with Gasteiger partial charge in [0.25, 0.3) is 0 Å². The Hall–Kier alpha value is -4.74. The van der Waals surface area contributed by atoms with E-state index in [-0.39, 0.29) is 59.4 Å². The van der Waals surface area contributed by atoms with Gasteiger partial charge >= 0.3 is 0 Å². The topological polar surface area (TPSA) is 51.8 Å². The summed E-state index contributed by atoms with van der Waals surface area (Å²) >= 11 is 1.53. The van der Waals surface area contributed by atoms with E-state index >= 15 is 0 Å². The van der Waals surface area contributed by atoms with Crippen LogP contribution in [0.4, 0.5) is 0 Å². The van der Waals surface area contributed by atoms with E-state index in [0.717, 1.165) is 32.6 Å². The van der Waals surface area contributed by atoms with Crippen LogP contribution in [0, 0.1) is 38.1 Å². The molecule has 0 saturated heterocycles. The van der Waals surface area contributed by atoms with Gasteiger partial charge in [-0.3, -0.25) is 0 Å². The van der Waals surface area contributed by atoms with E-state index < -0.39 is 20.6 Å². The molecule has 4 nitrogen and oxygen atoms in total. The molecule has 0 aliphatic heterocycles. The fourth-order valence-corrected chi connectivity index (χ4v) is 6.45. The summed E-state index contributed by atoms with van der Waals surface area (Å²) in [5.41, 5.74) is 5.35. The van der Waals surface area contributed by atoms with Crippen molar-refractivity contribution < 1.29 is 38.2 Å². The fourth-order valence-electron chi connectivity index (χ4n) is 5.81. The minimum absolute atomic E-state index is 0. The first-order valence-corrected chi connectivity index (χ1v) is 16.9. The molecule has 1 radical (unpaired) electrons. The van der Waals surface area contributed by atoms with Gasteiger partial charge in [-0.15, -0.1) is 65.4 Å². The zero-order valence-corrected chi connectivity index (χ0v) is 31.3. The van der Waals surface area contributed by atoms with Crippen LogP contribution in [0.15, 0.2) is 119 Å². The van der Waals surface area contributed by atoms with E-state index in [1.807, 2.05) is 68.6 Å². The van der Waals surface area contributed by atoms with E-state index in [1.54, 1.807) is 48.7 Å². The van der Waals surface area contributed by atoms with Crippen molar-refractivity contribution >= 4 is 33.3 Å². The molecule has 0 spiro atoms. The average molecular weight is 872 g/mol. The Morgan fingerprint density at radius 2 is 1.69 bits per heavy atom. The summed E-state index contributed by atoms with van der Waals surface area (Å²) in [6.07, 6.45) is 4.95. The number of aromatic nitrogens is 3. The van der Waals surface area contributed by atoms with Gasteiger partial charge in [-0.05, 0) is 83.2 Å². The first-order valence-electron chi connectivity index (χ1n) is 21.0. The van der Waals surface area contributed by atoms with Crippen molar-refractivity contribution in [3.63, 3.8) is 0 Å². The maximum Gasteiger partial charge on any atom is 0.123 e. The van der Waals surface area contributed by atoms with E-state index in [9.17, 15) is 0 Å². The van der Waals surface area contributed by atoms with Crippen molar-refractivity contribution in [3.05, 3.63) is 149 Å². The molecule has 257 valence electrons. The zero-order valence-electron chi connectivity index (χ0n) is 38.1. The Labute approximate surface area is 332 Å². The Kier molecular flexibility index (Phi) is 7.55. The standard InChI is InChI=1S/C33H29N2OS.C12H10N.Ir/c1-20-15-22(18-33(3,4)5)9-11-24(20)28-17-29(35-19-21(28)2)27-8-6-7-26-25-12-10-23(32-34-13-14-37-32)16-30(25)36-31(26)27;1-10-7-8-12(13-9-10)11-5-3-2-4-6-11;/h6-7,9-17,19H,18H2,1-5H3;2-5,7-9H,1H3;/q2*-1;/i1D3,2D3,11D;1D3;. The fraction of sp³-hybridized carbons (Fsp3) is 0.178. The average Bonchev–Trinajstić information content (AvgIpc) is 3.85. The van der Waals surface area contributed by atoms with E-state index in [1.165, 1.54) is 23.7 Å². The normalized spacial score (nSPS) is 14.9. The van der Waals surface area contributed by atoms with Gasteiger partial charge in [0, 0.05) is 67.4 Å². The quantitative estimate of drug-likeness (QED) is 0.162. The van der Waals surface area contributed by atoms with Gasteiger partial charge in [0.05, 0.1) is 6.95 Å². The van der Waals surface area contributed by atoms with Gasteiger partial charge < -0.3 is 14.4 Å². The third-order valence-corrected chi connectivity index (χ3v) is 8.85. The van der Waals surface area contributed by atoms with Crippen LogP contribution >= 0.6 is 11.3 Å². The van der Waals surface area contributed by atoms with Gasteiger partial charge in [0.2, 0.25) is 0 Å². The Morgan fingerprint density at radius 3 is 2.41 bits per heavy atom. The summed E-state index contributed by atoms with van der Waals surface area (Å²) in [4.78, 5) is 13.0. The van der Waals surface area contributed by atoms with Crippen LogP contribution in [0.25, 0.3) is 66.2 Å². The van der Waals surface area contributed by atoms with Gasteiger partial charge in [-0.25, -0.2) is 4.98 Å². The number of thiazole rings is 1. The van der Waals surface area contributed by atoms with Crippen molar-refractivity contribution in [2.45, 2.75) is 47.7 Å². The molecule has 0 saturated carbocycles. The molecule has 4 heterocycles. The van der Waals surface area contributed by atoms with Crippen LogP contribution in [0.5, 0.6) is 0 Å². The molecule has 4 aromatic heterocycles. The molecule has 6 heteroatoms. The molecule has 0 amide bonds. The number of fused-ring (bicyclic) bond motifs is 3. The van der Waals surface area contributed by atoms with Crippen LogP contribution in [0.1, 0.15) is 56.7 Å². The van der Waals surface area contributed by atoms with Crippen molar-refractivity contribution in [2.24, 2.45) is 5.41 Å². The minimum atomic E-state index is -2.61. The second-order valence-electron chi connectivity index (χ2n) is 13.1. The second-order valence-corrected chi connectivity index (χ2v) is 14.0. The molecule has 0 bridgehead atoms. The smallest absolute Gasteiger partial charge is 0.123 e. The Morgan fingerprint density at radius 1 is 0.804 bits per heavy atom. The molecule has 0 aliphatic carbocycles. The first kappa shape index (κ1) is 25.3. The maximum atomic E-state index is 8.95. The SMILES string of the molecule is [2H]C([2H])([2H])c1ccc(-c2[c-]cccc2)nc1.[2H]c1cc(CC(C)(C)C)cc(C([2H])([2H])[2H])c1-c1cc(-c2[c-]ccc3c2oc2cc(-c4nccs4)ccc23)ncc1C([2H])([2H])[2H].[Ir]. The predicted molar refractivity (Wildman–Crippen MR) is 208 cm³/mol. The van der Waals surface area contributed by atoms with Gasteiger partial charge in [0.1, 0.15) is 10.6 Å². The van der Waals surface area contributed by atoms with Crippen molar-refractivity contribution in [1.82, 2.24) is 15.0 Å². The molecule has 8 aromatic rings. The van der Waals surface area contributed by atoms with Crippen molar-refractivity contribution in [3.8, 4) is 44.2 Å². The molecule has 0 aliphatic rings. The summed E-state index contributed by atoms with van der Waals surface area (Å²) in [5.74, 6) is 0. The molecule has 0 unspecified atom stereocenters. The van der Waals surface area contributed by atoms with Crippen LogP contribution in [-0.4, -0.2) is 15.0 Å². The summed E-state index contributed by atoms with van der Waals surface area (Å²) in [7, 11) is 0. The van der Waals surface area contributed by atoms with Crippen molar-refractivity contribution in [2.75, 3.05) is 0 Å². The van der Waals surface area contributed by atoms with E-state index in [0.29, 0.717) is 34.4 Å². The van der Waals surface area contributed by atoms with Gasteiger partial charge in [-0.2, -0.15) is 0 Å². The predicted octanol–water partition coefficient (Wildman–Crippen LogP) is 12.3. The Bertz CT molecular complexity index is 2790. The maximum absolute atomic E-state index is 8.95. The van der Waals surface area contributed by atoms with Crippen LogP contribution < -0.4 is 0 Å². The van der Waals surface area contributed by atoms with Crippen LogP contribution in [0.3, 0.4) is 0 Å². The largest absolute Gasteiger partial charge is 0.501 e. The summed E-state index contributed by atoms with van der Waals surface area (Å²) in [6.45, 7) is -1.17. The van der Waals surface area contributed by atoms with Gasteiger partial charge in [-0.1, -0.05) is 80.2 Å². The molecule has 8 rings (SSSR count). The molecule has 4 aromatic carbocycles. The molecular formula is C45H39IrN3OS-2. The number of hydrogen-bond donors (Lipinski definition) is 0. The number of rotatable bonds is 5. The van der Waals surface area contributed by atoms with E-state index in [4.69, 9.17) is 18.1 Å². The van der Waals surface area contributed by atoms with E-state index in [2.05, 4.69) is 27.1 Å². The number of aryl methyl sites for hydroxylation is 3. The summed E-state index contributed by atoms with van der Waals surface area (Å²) < 4.78 is 86.7. The first-order chi connectivity index (χ1) is 28.2. The third-order valence-electron chi connectivity index (χ3n) is 8.03. The summed E-state index contributed by atoms with van der Waals surface area (Å²) in [6, 6.07) is 31.2. The van der Waals surface area contributed by atoms with Gasteiger partial charge in [0.15, 0.2) is 0 Å². The monoisotopic (exact) mass is 872 g/mol. The number of benzene rings is 4. The number of nitrogens with zero attached hydrogens (tertiary/aromatic N) is 3. The summed E-state index contributed by atoms with van der Waals surface area (Å²) in [5, 5.41) is 4.51. The second kappa shape index (κ2) is 15.2. The number of furan rings is 1. The number of hydrogen-bond acceptors (Lipinski definition) is 5. The molecule has 0 atom stereocenters. The minimum Gasteiger partial charge on any atom is -0.501 e. The van der Waals surface area contributed by atoms with Crippen molar-refractivity contribution in [1.29, 1.82) is 0 Å².